The Morgan fingerprint density at radius 2 is 2.11 bits per heavy atom. The van der Waals surface area contributed by atoms with Gasteiger partial charge < -0.3 is 9.64 Å². The van der Waals surface area contributed by atoms with E-state index in [4.69, 9.17) is 16.3 Å². The van der Waals surface area contributed by atoms with E-state index >= 15 is 0 Å². The Kier molecular flexibility index (Phi) is 4.61. The highest BCUT2D eigenvalue weighted by molar-refractivity contribution is 6.30. The van der Waals surface area contributed by atoms with E-state index in [1.807, 2.05) is 18.2 Å². The van der Waals surface area contributed by atoms with Crippen LogP contribution in [0.1, 0.15) is 18.9 Å². The van der Waals surface area contributed by atoms with E-state index in [0.29, 0.717) is 5.15 Å². The third-order valence-electron chi connectivity index (χ3n) is 3.10. The highest BCUT2D eigenvalue weighted by Gasteiger charge is 2.08. The van der Waals surface area contributed by atoms with Crippen molar-refractivity contribution in [2.75, 3.05) is 20.7 Å². The number of hydrogen-bond acceptors (Lipinski definition) is 3. The van der Waals surface area contributed by atoms with Gasteiger partial charge in [0.15, 0.2) is 0 Å². The Bertz CT molecular complexity index is 571. The fourth-order valence-electron chi connectivity index (χ4n) is 2.16. The van der Waals surface area contributed by atoms with E-state index in [1.165, 1.54) is 0 Å². The van der Waals surface area contributed by atoms with Crippen molar-refractivity contribution < 1.29 is 4.74 Å². The largest absolute Gasteiger partial charge is 0.497 e. The van der Waals surface area contributed by atoms with Crippen molar-refractivity contribution in [1.82, 2.24) is 9.88 Å². The molecule has 0 radical (unpaired) electrons. The zero-order chi connectivity index (χ0) is 13.8. The molecule has 4 heteroatoms. The number of halogens is 1. The highest BCUT2D eigenvalue weighted by atomic mass is 35.5. The average molecular weight is 279 g/mol. The molecule has 0 amide bonds. The third-order valence-corrected chi connectivity index (χ3v) is 3.42. The first-order chi connectivity index (χ1) is 9.13. The van der Waals surface area contributed by atoms with Crippen molar-refractivity contribution in [3.63, 3.8) is 0 Å². The fraction of sp³-hybridized carbons (Fsp3) is 0.400. The molecule has 0 unspecified atom stereocenters. The summed E-state index contributed by atoms with van der Waals surface area (Å²) in [4.78, 5) is 6.70. The minimum atomic E-state index is 0.573. The summed E-state index contributed by atoms with van der Waals surface area (Å²) in [6, 6.07) is 7.97. The van der Waals surface area contributed by atoms with E-state index < -0.39 is 0 Å². The molecule has 2 aromatic rings. The van der Waals surface area contributed by atoms with Gasteiger partial charge in [-0.05, 0) is 38.2 Å². The van der Waals surface area contributed by atoms with Crippen LogP contribution in [0.4, 0.5) is 0 Å². The summed E-state index contributed by atoms with van der Waals surface area (Å²) in [5, 5.41) is 1.66. The molecule has 1 heterocycles. The summed E-state index contributed by atoms with van der Waals surface area (Å²) in [5.74, 6) is 0.798. The van der Waals surface area contributed by atoms with Crippen LogP contribution in [0.2, 0.25) is 5.15 Å². The predicted octanol–water partition coefficient (Wildman–Crippen LogP) is 3.74. The summed E-state index contributed by atoms with van der Waals surface area (Å²) < 4.78 is 5.20. The Labute approximate surface area is 119 Å². The molecule has 102 valence electrons. The van der Waals surface area contributed by atoms with E-state index in [2.05, 4.69) is 29.9 Å². The lowest BCUT2D eigenvalue weighted by molar-refractivity contribution is 0.327. The van der Waals surface area contributed by atoms with Crippen LogP contribution in [0.25, 0.3) is 10.9 Å². The first kappa shape index (κ1) is 14.1. The van der Waals surface area contributed by atoms with Crippen molar-refractivity contribution in [1.29, 1.82) is 0 Å². The van der Waals surface area contributed by atoms with Crippen LogP contribution >= 0.6 is 11.6 Å². The van der Waals surface area contributed by atoms with Crippen LogP contribution < -0.4 is 4.74 Å². The second-order valence-electron chi connectivity index (χ2n) is 4.73. The molecule has 1 aromatic carbocycles. The number of benzene rings is 1. The Hall–Kier alpha value is -1.32. The molecule has 2 rings (SSSR count). The highest BCUT2D eigenvalue weighted by Crippen LogP contribution is 2.24. The summed E-state index contributed by atoms with van der Waals surface area (Å²) in [6.45, 7) is 4.04. The molecule has 0 atom stereocenters. The molecule has 0 saturated heterocycles. The van der Waals surface area contributed by atoms with E-state index in [9.17, 15) is 0 Å². The van der Waals surface area contributed by atoms with Crippen LogP contribution in [0.3, 0.4) is 0 Å². The first-order valence-corrected chi connectivity index (χ1v) is 6.83. The predicted molar refractivity (Wildman–Crippen MR) is 79.9 cm³/mol. The molecule has 0 fully saturated rings. The van der Waals surface area contributed by atoms with Crippen molar-refractivity contribution in [3.8, 4) is 5.75 Å². The van der Waals surface area contributed by atoms with Crippen molar-refractivity contribution >= 4 is 22.5 Å². The lowest BCUT2D eigenvalue weighted by Crippen LogP contribution is -2.18. The van der Waals surface area contributed by atoms with Gasteiger partial charge in [0.25, 0.3) is 0 Å². The van der Waals surface area contributed by atoms with Crippen molar-refractivity contribution in [2.24, 2.45) is 0 Å². The summed E-state index contributed by atoms with van der Waals surface area (Å²) in [7, 11) is 3.74. The molecule has 0 aliphatic carbocycles. The summed E-state index contributed by atoms with van der Waals surface area (Å²) in [6.07, 6.45) is 1.13. The third kappa shape index (κ3) is 3.37. The average Bonchev–Trinajstić information content (AvgIpc) is 2.39. The van der Waals surface area contributed by atoms with Crippen LogP contribution in [0.5, 0.6) is 5.75 Å². The zero-order valence-corrected chi connectivity index (χ0v) is 12.4. The van der Waals surface area contributed by atoms with Gasteiger partial charge in [0.05, 0.1) is 12.6 Å². The van der Waals surface area contributed by atoms with E-state index in [-0.39, 0.29) is 0 Å². The van der Waals surface area contributed by atoms with Gasteiger partial charge in [-0.15, -0.1) is 0 Å². The Morgan fingerprint density at radius 1 is 1.32 bits per heavy atom. The number of aromatic nitrogens is 1. The number of fused-ring (bicyclic) bond motifs is 1. The number of pyridine rings is 1. The second kappa shape index (κ2) is 6.22. The van der Waals surface area contributed by atoms with Gasteiger partial charge in [0, 0.05) is 23.6 Å². The number of methoxy groups -OCH3 is 1. The monoisotopic (exact) mass is 278 g/mol. The quantitative estimate of drug-likeness (QED) is 0.779. The topological polar surface area (TPSA) is 25.4 Å². The maximum absolute atomic E-state index is 6.26. The van der Waals surface area contributed by atoms with Crippen LogP contribution in [0, 0.1) is 0 Å². The molecular formula is C15H19ClN2O. The standard InChI is InChI=1S/C15H19ClN2O/c1-4-7-18(2)10-12-8-11-5-6-13(19-3)9-14(11)17-15(12)16/h5-6,8-9H,4,7,10H2,1-3H3. The van der Waals surface area contributed by atoms with Gasteiger partial charge in [0.2, 0.25) is 0 Å². The molecule has 0 saturated carbocycles. The molecule has 0 bridgehead atoms. The number of rotatable bonds is 5. The van der Waals surface area contributed by atoms with Crippen LogP contribution in [-0.2, 0) is 6.54 Å². The SMILES string of the molecule is CCCN(C)Cc1cc2ccc(OC)cc2nc1Cl. The lowest BCUT2D eigenvalue weighted by atomic mass is 10.1. The molecular weight excluding hydrogens is 260 g/mol. The summed E-state index contributed by atoms with van der Waals surface area (Å²) >= 11 is 6.26. The van der Waals surface area contributed by atoms with Crippen molar-refractivity contribution in [3.05, 3.63) is 35.0 Å². The molecule has 19 heavy (non-hydrogen) atoms. The number of hydrogen-bond donors (Lipinski definition) is 0. The molecule has 0 aliphatic rings. The molecule has 3 nitrogen and oxygen atoms in total. The van der Waals surface area contributed by atoms with Gasteiger partial charge in [-0.2, -0.15) is 0 Å². The van der Waals surface area contributed by atoms with Crippen LogP contribution in [-0.4, -0.2) is 30.6 Å². The maximum atomic E-state index is 6.26. The molecule has 1 aromatic heterocycles. The zero-order valence-electron chi connectivity index (χ0n) is 11.6. The molecule has 0 spiro atoms. The van der Waals surface area contributed by atoms with Gasteiger partial charge in [-0.3, -0.25) is 0 Å². The van der Waals surface area contributed by atoms with E-state index in [0.717, 1.165) is 41.7 Å². The molecule has 0 aliphatic heterocycles. The van der Waals surface area contributed by atoms with Gasteiger partial charge in [0.1, 0.15) is 10.9 Å². The van der Waals surface area contributed by atoms with E-state index in [1.54, 1.807) is 7.11 Å². The Balaban J connectivity index is 2.33. The van der Waals surface area contributed by atoms with Crippen molar-refractivity contribution in [2.45, 2.75) is 19.9 Å². The number of ether oxygens (including phenoxy) is 1. The first-order valence-electron chi connectivity index (χ1n) is 6.45. The number of nitrogens with zero attached hydrogens (tertiary/aromatic N) is 2. The lowest BCUT2D eigenvalue weighted by Gasteiger charge is -2.16. The minimum absolute atomic E-state index is 0.573. The summed E-state index contributed by atoms with van der Waals surface area (Å²) in [5.41, 5.74) is 1.93. The second-order valence-corrected chi connectivity index (χ2v) is 5.09. The van der Waals surface area contributed by atoms with Gasteiger partial charge >= 0.3 is 0 Å². The normalized spacial score (nSPS) is 11.2. The smallest absolute Gasteiger partial charge is 0.134 e. The fourth-order valence-corrected chi connectivity index (χ4v) is 2.36. The molecule has 0 N–H and O–H groups in total. The van der Waals surface area contributed by atoms with Gasteiger partial charge in [-0.25, -0.2) is 4.98 Å². The maximum Gasteiger partial charge on any atom is 0.134 e. The minimum Gasteiger partial charge on any atom is -0.497 e. The van der Waals surface area contributed by atoms with Gasteiger partial charge in [-0.1, -0.05) is 18.5 Å². The Morgan fingerprint density at radius 3 is 2.79 bits per heavy atom. The van der Waals surface area contributed by atoms with Crippen LogP contribution in [0.15, 0.2) is 24.3 Å².